The van der Waals surface area contributed by atoms with Gasteiger partial charge in [0.15, 0.2) is 9.84 Å². The molecule has 1 aliphatic rings. The van der Waals surface area contributed by atoms with Gasteiger partial charge in [-0.3, -0.25) is 0 Å². The van der Waals surface area contributed by atoms with Gasteiger partial charge < -0.3 is 15.3 Å². The van der Waals surface area contributed by atoms with E-state index >= 15 is 0 Å². The Kier molecular flexibility index (Phi) is 4.52. The zero-order valence-electron chi connectivity index (χ0n) is 10.9. The van der Waals surface area contributed by atoms with Crippen LogP contribution in [0, 0.1) is 0 Å². The molecule has 0 radical (unpaired) electrons. The molecule has 2 rings (SSSR count). The molecule has 7 nitrogen and oxygen atoms in total. The summed E-state index contributed by atoms with van der Waals surface area (Å²) in [7, 11) is -3.80. The van der Waals surface area contributed by atoms with Gasteiger partial charge >= 0.3 is 12.0 Å². The van der Waals surface area contributed by atoms with E-state index in [0.717, 1.165) is 0 Å². The summed E-state index contributed by atoms with van der Waals surface area (Å²) in [6.45, 7) is 0.953. The Bertz CT molecular complexity index is 689. The third-order valence-electron chi connectivity index (χ3n) is 3.08. The molecule has 9 heteroatoms. The molecule has 0 atom stereocenters. The monoisotopic (exact) mass is 376 g/mol. The third kappa shape index (κ3) is 3.53. The third-order valence-corrected chi connectivity index (χ3v) is 5.31. The number of carbonyl (C=O) groups excluding carboxylic acids is 1. The van der Waals surface area contributed by atoms with Crippen LogP contribution in [0.15, 0.2) is 27.6 Å². The molecule has 2 amide bonds. The molecule has 0 bridgehead atoms. The van der Waals surface area contributed by atoms with Crippen LogP contribution in [0.5, 0.6) is 0 Å². The van der Waals surface area contributed by atoms with E-state index in [4.69, 9.17) is 5.11 Å². The second kappa shape index (κ2) is 6.02. The summed E-state index contributed by atoms with van der Waals surface area (Å²) >= 11 is 3.13. The highest BCUT2D eigenvalue weighted by molar-refractivity contribution is 9.10. The van der Waals surface area contributed by atoms with Crippen molar-refractivity contribution in [3.63, 3.8) is 0 Å². The van der Waals surface area contributed by atoms with Crippen LogP contribution < -0.4 is 5.32 Å². The average Bonchev–Trinajstić information content (AvgIpc) is 2.81. The SMILES string of the molecule is O=C(O)c1ccc(Br)cc1S(=O)(=O)CCN1CCNC1=O. The first-order valence-corrected chi connectivity index (χ1v) is 8.54. The first-order valence-electron chi connectivity index (χ1n) is 6.09. The van der Waals surface area contributed by atoms with Gasteiger partial charge in [-0.05, 0) is 18.2 Å². The van der Waals surface area contributed by atoms with E-state index in [0.29, 0.717) is 17.6 Å². The van der Waals surface area contributed by atoms with E-state index in [2.05, 4.69) is 21.2 Å². The van der Waals surface area contributed by atoms with Gasteiger partial charge in [0.05, 0.1) is 16.2 Å². The number of nitrogens with zero attached hydrogens (tertiary/aromatic N) is 1. The predicted molar refractivity (Wildman–Crippen MR) is 78.1 cm³/mol. The molecule has 1 aromatic rings. The Morgan fingerprint density at radius 1 is 1.43 bits per heavy atom. The van der Waals surface area contributed by atoms with E-state index in [1.165, 1.54) is 23.1 Å². The van der Waals surface area contributed by atoms with Crippen LogP contribution in [0.25, 0.3) is 0 Å². The highest BCUT2D eigenvalue weighted by Crippen LogP contribution is 2.22. The number of aromatic carboxylic acids is 1. The Labute approximate surface area is 130 Å². The van der Waals surface area contributed by atoms with Gasteiger partial charge in [0.2, 0.25) is 0 Å². The summed E-state index contributed by atoms with van der Waals surface area (Å²) in [5, 5.41) is 11.7. The van der Waals surface area contributed by atoms with Gasteiger partial charge in [0.25, 0.3) is 0 Å². The molecule has 1 heterocycles. The minimum Gasteiger partial charge on any atom is -0.478 e. The summed E-state index contributed by atoms with van der Waals surface area (Å²) in [6.07, 6.45) is 0. The van der Waals surface area contributed by atoms with Gasteiger partial charge in [-0.15, -0.1) is 0 Å². The van der Waals surface area contributed by atoms with Gasteiger partial charge in [-0.1, -0.05) is 15.9 Å². The minimum atomic E-state index is -3.80. The quantitative estimate of drug-likeness (QED) is 0.795. The maximum absolute atomic E-state index is 12.3. The molecule has 2 N–H and O–H groups in total. The van der Waals surface area contributed by atoms with Crippen molar-refractivity contribution in [3.8, 4) is 0 Å². The number of carboxylic acid groups (broad SMARTS) is 1. The first-order chi connectivity index (χ1) is 9.81. The fourth-order valence-corrected chi connectivity index (χ4v) is 3.99. The molecule has 1 aliphatic heterocycles. The van der Waals surface area contributed by atoms with E-state index in [9.17, 15) is 18.0 Å². The number of hydrogen-bond donors (Lipinski definition) is 2. The summed E-state index contributed by atoms with van der Waals surface area (Å²) < 4.78 is 25.1. The molecule has 1 saturated heterocycles. The van der Waals surface area contributed by atoms with Crippen molar-refractivity contribution in [1.82, 2.24) is 10.2 Å². The maximum Gasteiger partial charge on any atom is 0.337 e. The Balaban J connectivity index is 2.25. The zero-order valence-corrected chi connectivity index (χ0v) is 13.3. The number of sulfone groups is 1. The number of carboxylic acids is 1. The van der Waals surface area contributed by atoms with Crippen molar-refractivity contribution in [2.75, 3.05) is 25.4 Å². The topological polar surface area (TPSA) is 104 Å². The highest BCUT2D eigenvalue weighted by atomic mass is 79.9. The Hall–Kier alpha value is -1.61. The normalized spacial score (nSPS) is 15.1. The van der Waals surface area contributed by atoms with Crippen LogP contribution >= 0.6 is 15.9 Å². The molecule has 0 spiro atoms. The van der Waals surface area contributed by atoms with Crippen molar-refractivity contribution < 1.29 is 23.1 Å². The maximum atomic E-state index is 12.3. The van der Waals surface area contributed by atoms with Crippen molar-refractivity contribution in [2.24, 2.45) is 0 Å². The summed E-state index contributed by atoms with van der Waals surface area (Å²) in [6, 6.07) is 3.67. The van der Waals surface area contributed by atoms with Crippen LogP contribution in [-0.4, -0.2) is 55.8 Å². The average molecular weight is 377 g/mol. The largest absolute Gasteiger partial charge is 0.478 e. The van der Waals surface area contributed by atoms with Crippen molar-refractivity contribution in [1.29, 1.82) is 0 Å². The number of hydrogen-bond acceptors (Lipinski definition) is 4. The molecule has 0 aromatic heterocycles. The standard InChI is InChI=1S/C12H13BrN2O5S/c13-8-1-2-9(11(16)17)10(7-8)21(19,20)6-5-15-4-3-14-12(15)18/h1-2,7H,3-6H2,(H,14,18)(H,16,17). The second-order valence-electron chi connectivity index (χ2n) is 4.48. The second-order valence-corrected chi connectivity index (χ2v) is 7.48. The van der Waals surface area contributed by atoms with Crippen LogP contribution in [0.1, 0.15) is 10.4 Å². The lowest BCUT2D eigenvalue weighted by Gasteiger charge is -2.14. The summed E-state index contributed by atoms with van der Waals surface area (Å²) in [4.78, 5) is 23.7. The predicted octanol–water partition coefficient (Wildman–Crippen LogP) is 0.946. The van der Waals surface area contributed by atoms with E-state index in [1.54, 1.807) is 0 Å². The van der Waals surface area contributed by atoms with E-state index < -0.39 is 15.8 Å². The van der Waals surface area contributed by atoms with Crippen LogP contribution in [-0.2, 0) is 9.84 Å². The highest BCUT2D eigenvalue weighted by Gasteiger charge is 2.26. The Morgan fingerprint density at radius 3 is 2.71 bits per heavy atom. The molecule has 1 aromatic carbocycles. The fraction of sp³-hybridized carbons (Fsp3) is 0.333. The molecular weight excluding hydrogens is 364 g/mol. The van der Waals surface area contributed by atoms with Crippen molar-refractivity contribution >= 4 is 37.8 Å². The number of nitrogens with one attached hydrogen (secondary N) is 1. The lowest BCUT2D eigenvalue weighted by atomic mass is 10.2. The molecular formula is C12H13BrN2O5S. The van der Waals surface area contributed by atoms with Gasteiger partial charge in [0, 0.05) is 24.1 Å². The minimum absolute atomic E-state index is 0.0275. The molecule has 1 fully saturated rings. The smallest absolute Gasteiger partial charge is 0.337 e. The van der Waals surface area contributed by atoms with Gasteiger partial charge in [-0.2, -0.15) is 0 Å². The molecule has 0 unspecified atom stereocenters. The van der Waals surface area contributed by atoms with Gasteiger partial charge in [0.1, 0.15) is 0 Å². The summed E-state index contributed by atoms with van der Waals surface area (Å²) in [5.41, 5.74) is -0.274. The Morgan fingerprint density at radius 2 is 2.14 bits per heavy atom. The van der Waals surface area contributed by atoms with Crippen molar-refractivity contribution in [3.05, 3.63) is 28.2 Å². The lowest BCUT2D eigenvalue weighted by molar-refractivity contribution is 0.0692. The zero-order chi connectivity index (χ0) is 15.6. The van der Waals surface area contributed by atoms with E-state index in [1.807, 2.05) is 0 Å². The fourth-order valence-electron chi connectivity index (χ4n) is 1.99. The van der Waals surface area contributed by atoms with E-state index in [-0.39, 0.29) is 28.8 Å². The number of rotatable bonds is 5. The first kappa shape index (κ1) is 15.8. The van der Waals surface area contributed by atoms with Crippen LogP contribution in [0.2, 0.25) is 0 Å². The number of urea groups is 1. The van der Waals surface area contributed by atoms with Gasteiger partial charge in [-0.25, -0.2) is 18.0 Å². The number of amides is 2. The summed E-state index contributed by atoms with van der Waals surface area (Å²) in [5.74, 6) is -1.63. The number of halogens is 1. The molecule has 0 aliphatic carbocycles. The molecule has 114 valence electrons. The molecule has 0 saturated carbocycles. The number of benzene rings is 1. The van der Waals surface area contributed by atoms with Crippen LogP contribution in [0.3, 0.4) is 0 Å². The number of carbonyl (C=O) groups is 2. The van der Waals surface area contributed by atoms with Crippen LogP contribution in [0.4, 0.5) is 4.79 Å². The molecule has 21 heavy (non-hydrogen) atoms. The van der Waals surface area contributed by atoms with Crippen molar-refractivity contribution in [2.45, 2.75) is 4.90 Å². The lowest BCUT2D eigenvalue weighted by Crippen LogP contribution is -2.32.